The fourth-order valence-corrected chi connectivity index (χ4v) is 3.97. The molecule has 0 atom stereocenters. The van der Waals surface area contributed by atoms with Gasteiger partial charge in [-0.25, -0.2) is 4.98 Å². The van der Waals surface area contributed by atoms with Crippen molar-refractivity contribution in [2.75, 3.05) is 38.1 Å². The van der Waals surface area contributed by atoms with E-state index >= 15 is 0 Å². The lowest BCUT2D eigenvalue weighted by Crippen LogP contribution is -2.44. The number of pyridine rings is 1. The summed E-state index contributed by atoms with van der Waals surface area (Å²) in [5.74, 6) is 0.747. The van der Waals surface area contributed by atoms with E-state index in [4.69, 9.17) is 23.2 Å². The lowest BCUT2D eigenvalue weighted by atomic mass is 10.2. The molecule has 3 heterocycles. The number of amides is 1. The van der Waals surface area contributed by atoms with E-state index in [9.17, 15) is 4.79 Å². The van der Waals surface area contributed by atoms with Gasteiger partial charge < -0.3 is 15.1 Å². The molecule has 2 aromatic heterocycles. The number of rotatable bonds is 4. The number of hydrogen-bond acceptors (Lipinski definition) is 5. The zero-order chi connectivity index (χ0) is 17.1. The number of piperazine rings is 1. The number of carbonyl (C=O) groups is 1. The molecule has 0 spiro atoms. The zero-order valence-corrected chi connectivity index (χ0v) is 15.6. The maximum atomic E-state index is 12.1. The highest BCUT2D eigenvalue weighted by molar-refractivity contribution is 7.20. The van der Waals surface area contributed by atoms with Gasteiger partial charge in [0.25, 0.3) is 5.91 Å². The van der Waals surface area contributed by atoms with Gasteiger partial charge in [0.05, 0.1) is 9.90 Å². The molecular formula is C16H18Cl2N4OS. The summed E-state index contributed by atoms with van der Waals surface area (Å²) in [5.41, 5.74) is 1.35. The summed E-state index contributed by atoms with van der Waals surface area (Å²) in [4.78, 5) is 21.2. The molecule has 3 rings (SSSR count). The summed E-state index contributed by atoms with van der Waals surface area (Å²) < 4.78 is 0.907. The lowest BCUT2D eigenvalue weighted by molar-refractivity contribution is 0.0951. The highest BCUT2D eigenvalue weighted by atomic mass is 35.5. The van der Waals surface area contributed by atoms with E-state index in [1.807, 2.05) is 12.1 Å². The van der Waals surface area contributed by atoms with Crippen molar-refractivity contribution < 1.29 is 4.79 Å². The summed E-state index contributed by atoms with van der Waals surface area (Å²) >= 11 is 13.0. The predicted molar refractivity (Wildman–Crippen MR) is 99.5 cm³/mol. The third kappa shape index (κ3) is 4.19. The summed E-state index contributed by atoms with van der Waals surface area (Å²) in [6.45, 7) is 4.46. The average molecular weight is 385 g/mol. The van der Waals surface area contributed by atoms with Crippen molar-refractivity contribution >= 4 is 46.3 Å². The first-order valence-corrected chi connectivity index (χ1v) is 9.21. The number of hydrogen-bond donors (Lipinski definition) is 1. The first kappa shape index (κ1) is 17.5. The topological polar surface area (TPSA) is 48.5 Å². The van der Waals surface area contributed by atoms with Crippen LogP contribution in [-0.2, 0) is 6.54 Å². The molecule has 0 unspecified atom stereocenters. The summed E-state index contributed by atoms with van der Waals surface area (Å²) in [5, 5.41) is 2.84. The molecule has 1 aliphatic heterocycles. The first-order valence-electron chi connectivity index (χ1n) is 7.64. The Bertz CT molecular complexity index is 711. The highest BCUT2D eigenvalue weighted by Gasteiger charge is 2.16. The van der Waals surface area contributed by atoms with Gasteiger partial charge in [0, 0.05) is 38.9 Å². The van der Waals surface area contributed by atoms with Crippen LogP contribution < -0.4 is 10.2 Å². The van der Waals surface area contributed by atoms with Crippen LogP contribution in [0.5, 0.6) is 0 Å². The second kappa shape index (κ2) is 7.70. The van der Waals surface area contributed by atoms with E-state index in [0.717, 1.165) is 37.6 Å². The average Bonchev–Trinajstić information content (AvgIpc) is 2.92. The molecule has 1 N–H and O–H groups in total. The van der Waals surface area contributed by atoms with Crippen molar-refractivity contribution in [1.82, 2.24) is 15.2 Å². The minimum absolute atomic E-state index is 0.230. The van der Waals surface area contributed by atoms with Crippen molar-refractivity contribution in [1.29, 1.82) is 0 Å². The van der Waals surface area contributed by atoms with E-state index in [1.54, 1.807) is 12.3 Å². The van der Waals surface area contributed by atoms with Crippen LogP contribution in [0.15, 0.2) is 24.4 Å². The number of anilines is 1. The van der Waals surface area contributed by atoms with Crippen LogP contribution in [0.25, 0.3) is 0 Å². The number of thiophene rings is 1. The van der Waals surface area contributed by atoms with Gasteiger partial charge in [0.2, 0.25) is 0 Å². The van der Waals surface area contributed by atoms with Crippen LogP contribution in [0.1, 0.15) is 15.9 Å². The van der Waals surface area contributed by atoms with Crippen LogP contribution in [0.3, 0.4) is 0 Å². The molecular weight excluding hydrogens is 367 g/mol. The lowest BCUT2D eigenvalue weighted by Gasteiger charge is -2.33. The fourth-order valence-electron chi connectivity index (χ4n) is 2.52. The van der Waals surface area contributed by atoms with Crippen LogP contribution in [-0.4, -0.2) is 49.0 Å². The van der Waals surface area contributed by atoms with Crippen LogP contribution in [0.4, 0.5) is 5.82 Å². The minimum Gasteiger partial charge on any atom is -0.354 e. The van der Waals surface area contributed by atoms with Gasteiger partial charge in [-0.15, -0.1) is 11.3 Å². The van der Waals surface area contributed by atoms with Crippen molar-refractivity contribution in [3.8, 4) is 0 Å². The Balaban J connectivity index is 1.56. The molecule has 1 saturated heterocycles. The van der Waals surface area contributed by atoms with Gasteiger partial charge in [0.1, 0.15) is 10.2 Å². The number of aromatic nitrogens is 1. The monoisotopic (exact) mass is 384 g/mol. The molecule has 128 valence electrons. The molecule has 1 amide bonds. The van der Waals surface area contributed by atoms with E-state index in [0.29, 0.717) is 20.8 Å². The standard InChI is InChI=1S/C16H18Cl2N4OS/c1-21-4-6-22(7-5-21)14-3-2-11(9-19-14)10-20-16(23)12-8-13(17)24-15(12)18/h2-3,8-9H,4-7,10H2,1H3,(H,20,23). The van der Waals surface area contributed by atoms with Crippen molar-refractivity contribution in [2.24, 2.45) is 0 Å². The normalized spacial score (nSPS) is 15.5. The highest BCUT2D eigenvalue weighted by Crippen LogP contribution is 2.31. The quantitative estimate of drug-likeness (QED) is 0.879. The second-order valence-corrected chi connectivity index (χ2v) is 8.02. The molecule has 1 aliphatic rings. The molecule has 1 fully saturated rings. The van der Waals surface area contributed by atoms with Gasteiger partial charge in [-0.1, -0.05) is 29.3 Å². The number of likely N-dealkylation sites (N-methyl/N-ethyl adjacent to an activating group) is 1. The maximum Gasteiger partial charge on any atom is 0.253 e. The molecule has 0 saturated carbocycles. The van der Waals surface area contributed by atoms with Gasteiger partial charge >= 0.3 is 0 Å². The molecule has 0 aliphatic carbocycles. The predicted octanol–water partition coefficient (Wildman–Crippen LogP) is 3.13. The maximum absolute atomic E-state index is 12.1. The number of nitrogens with zero attached hydrogens (tertiary/aromatic N) is 3. The van der Waals surface area contributed by atoms with Gasteiger partial charge in [0.15, 0.2) is 0 Å². The van der Waals surface area contributed by atoms with E-state index in [2.05, 4.69) is 27.1 Å². The van der Waals surface area contributed by atoms with Crippen molar-refractivity contribution in [3.63, 3.8) is 0 Å². The molecule has 0 bridgehead atoms. The first-order chi connectivity index (χ1) is 11.5. The third-order valence-electron chi connectivity index (χ3n) is 3.99. The number of halogens is 2. The molecule has 2 aromatic rings. The second-order valence-electron chi connectivity index (χ2n) is 5.74. The summed E-state index contributed by atoms with van der Waals surface area (Å²) in [6.07, 6.45) is 1.80. The Hall–Kier alpha value is -1.34. The number of carbonyl (C=O) groups excluding carboxylic acids is 1. The Labute approximate surface area is 155 Å². The van der Waals surface area contributed by atoms with E-state index < -0.39 is 0 Å². The molecule has 5 nitrogen and oxygen atoms in total. The van der Waals surface area contributed by atoms with Gasteiger partial charge in [-0.2, -0.15) is 0 Å². The van der Waals surface area contributed by atoms with Gasteiger partial charge in [-0.3, -0.25) is 4.79 Å². The molecule has 8 heteroatoms. The summed E-state index contributed by atoms with van der Waals surface area (Å²) in [6, 6.07) is 5.57. The Morgan fingerprint density at radius 2 is 2.04 bits per heavy atom. The zero-order valence-electron chi connectivity index (χ0n) is 13.3. The third-order valence-corrected chi connectivity index (χ3v) is 5.48. The Morgan fingerprint density at radius 1 is 1.29 bits per heavy atom. The molecule has 0 radical (unpaired) electrons. The van der Waals surface area contributed by atoms with Crippen molar-refractivity contribution in [3.05, 3.63) is 44.2 Å². The largest absolute Gasteiger partial charge is 0.354 e. The minimum atomic E-state index is -0.230. The number of nitrogens with one attached hydrogen (secondary N) is 1. The molecule has 24 heavy (non-hydrogen) atoms. The van der Waals surface area contributed by atoms with Crippen LogP contribution in [0, 0.1) is 0 Å². The molecule has 0 aromatic carbocycles. The van der Waals surface area contributed by atoms with E-state index in [-0.39, 0.29) is 5.91 Å². The van der Waals surface area contributed by atoms with Crippen LogP contribution in [0.2, 0.25) is 8.67 Å². The SMILES string of the molecule is CN1CCN(c2ccc(CNC(=O)c3cc(Cl)sc3Cl)cn2)CC1. The van der Waals surface area contributed by atoms with Crippen LogP contribution >= 0.6 is 34.5 Å². The summed E-state index contributed by atoms with van der Waals surface area (Å²) in [7, 11) is 2.13. The Kier molecular flexibility index (Phi) is 5.61. The van der Waals surface area contributed by atoms with Gasteiger partial charge in [-0.05, 0) is 24.7 Å². The van der Waals surface area contributed by atoms with E-state index in [1.165, 1.54) is 11.3 Å². The van der Waals surface area contributed by atoms with Crippen molar-refractivity contribution in [2.45, 2.75) is 6.54 Å². The fraction of sp³-hybridized carbons (Fsp3) is 0.375. The Morgan fingerprint density at radius 3 is 2.62 bits per heavy atom. The smallest absolute Gasteiger partial charge is 0.253 e.